The monoisotopic (exact) mass is 385 g/mol. The molecule has 0 aliphatic rings. The first kappa shape index (κ1) is 18.7. The van der Waals surface area contributed by atoms with Crippen LogP contribution in [0, 0.1) is 0 Å². The SMILES string of the molecule is CC(C)Oc1ccc(NC(c2ccncc2)c2ccc3cccnc3c2O)cc1. The number of ether oxygens (including phenoxy) is 1. The molecule has 2 N–H and O–H groups in total. The van der Waals surface area contributed by atoms with E-state index in [2.05, 4.69) is 15.3 Å². The van der Waals surface area contributed by atoms with E-state index in [1.807, 2.05) is 74.5 Å². The normalized spacial score (nSPS) is 12.1. The summed E-state index contributed by atoms with van der Waals surface area (Å²) in [7, 11) is 0. The zero-order valence-electron chi connectivity index (χ0n) is 16.4. The lowest BCUT2D eigenvalue weighted by Crippen LogP contribution is -2.13. The third-order valence-electron chi connectivity index (χ3n) is 4.67. The van der Waals surface area contributed by atoms with Crippen molar-refractivity contribution in [3.05, 3.63) is 90.4 Å². The van der Waals surface area contributed by atoms with Crippen molar-refractivity contribution >= 4 is 16.6 Å². The summed E-state index contributed by atoms with van der Waals surface area (Å²) in [5.74, 6) is 1.00. The third-order valence-corrected chi connectivity index (χ3v) is 4.67. The topological polar surface area (TPSA) is 67.3 Å². The fourth-order valence-electron chi connectivity index (χ4n) is 3.34. The molecule has 2 aromatic heterocycles. The zero-order valence-corrected chi connectivity index (χ0v) is 16.4. The number of rotatable bonds is 6. The Balaban J connectivity index is 1.73. The molecule has 0 fully saturated rings. The minimum atomic E-state index is -0.263. The van der Waals surface area contributed by atoms with Crippen molar-refractivity contribution in [1.82, 2.24) is 9.97 Å². The van der Waals surface area contributed by atoms with Crippen molar-refractivity contribution in [1.29, 1.82) is 0 Å². The predicted octanol–water partition coefficient (Wildman–Crippen LogP) is 5.32. The van der Waals surface area contributed by atoms with Gasteiger partial charge in [-0.15, -0.1) is 0 Å². The van der Waals surface area contributed by atoms with E-state index in [1.165, 1.54) is 0 Å². The Bertz CT molecular complexity index is 1100. The predicted molar refractivity (Wildman–Crippen MR) is 115 cm³/mol. The number of pyridine rings is 2. The number of nitrogens with zero attached hydrogens (tertiary/aromatic N) is 2. The molecule has 0 aliphatic heterocycles. The van der Waals surface area contributed by atoms with E-state index in [0.717, 1.165) is 28.0 Å². The lowest BCUT2D eigenvalue weighted by atomic mass is 9.96. The van der Waals surface area contributed by atoms with Gasteiger partial charge in [0, 0.05) is 35.2 Å². The van der Waals surface area contributed by atoms with Crippen LogP contribution in [0.2, 0.25) is 0 Å². The highest BCUT2D eigenvalue weighted by Gasteiger charge is 2.20. The molecule has 4 rings (SSSR count). The van der Waals surface area contributed by atoms with Crippen molar-refractivity contribution in [3.63, 3.8) is 0 Å². The van der Waals surface area contributed by atoms with Gasteiger partial charge in [0.1, 0.15) is 17.0 Å². The summed E-state index contributed by atoms with van der Waals surface area (Å²) in [6.45, 7) is 4.00. The van der Waals surface area contributed by atoms with Gasteiger partial charge >= 0.3 is 0 Å². The van der Waals surface area contributed by atoms with E-state index in [0.29, 0.717) is 5.52 Å². The zero-order chi connectivity index (χ0) is 20.2. The van der Waals surface area contributed by atoms with Crippen molar-refractivity contribution in [2.75, 3.05) is 5.32 Å². The van der Waals surface area contributed by atoms with Crippen LogP contribution in [-0.2, 0) is 0 Å². The lowest BCUT2D eigenvalue weighted by Gasteiger charge is -2.22. The molecular weight excluding hydrogens is 362 g/mol. The van der Waals surface area contributed by atoms with E-state index < -0.39 is 0 Å². The van der Waals surface area contributed by atoms with Crippen LogP contribution in [0.15, 0.2) is 79.3 Å². The standard InChI is InChI=1S/C24H23N3O2/c1-16(2)29-20-8-6-19(7-9-20)27-22(18-11-14-25-15-12-18)21-10-5-17-4-3-13-26-23(17)24(21)28/h3-16,22,27-28H,1-2H3. The van der Waals surface area contributed by atoms with Gasteiger partial charge < -0.3 is 15.2 Å². The minimum absolute atomic E-state index is 0.125. The number of phenols is 1. The van der Waals surface area contributed by atoms with Gasteiger partial charge in [-0.2, -0.15) is 0 Å². The van der Waals surface area contributed by atoms with Crippen molar-refractivity contribution in [2.24, 2.45) is 0 Å². The number of hydrogen-bond donors (Lipinski definition) is 2. The molecule has 2 aromatic carbocycles. The summed E-state index contributed by atoms with van der Waals surface area (Å²) >= 11 is 0. The molecule has 1 unspecified atom stereocenters. The fraction of sp³-hybridized carbons (Fsp3) is 0.167. The molecule has 0 aliphatic carbocycles. The van der Waals surface area contributed by atoms with Crippen molar-refractivity contribution < 1.29 is 9.84 Å². The fourth-order valence-corrected chi connectivity index (χ4v) is 3.34. The number of benzene rings is 2. The quantitative estimate of drug-likeness (QED) is 0.470. The first-order valence-corrected chi connectivity index (χ1v) is 9.61. The summed E-state index contributed by atoms with van der Waals surface area (Å²) in [6, 6.07) is 19.2. The average Bonchev–Trinajstić information content (AvgIpc) is 2.74. The van der Waals surface area contributed by atoms with Gasteiger partial charge in [-0.25, -0.2) is 0 Å². The molecule has 5 nitrogen and oxygen atoms in total. The number of phenolic OH excluding ortho intramolecular Hbond substituents is 1. The molecule has 29 heavy (non-hydrogen) atoms. The van der Waals surface area contributed by atoms with Gasteiger partial charge in [0.2, 0.25) is 0 Å². The van der Waals surface area contributed by atoms with Gasteiger partial charge in [-0.05, 0) is 61.9 Å². The first-order valence-electron chi connectivity index (χ1n) is 9.61. The number of aromatic hydroxyl groups is 1. The van der Waals surface area contributed by atoms with E-state index >= 15 is 0 Å². The Kier molecular flexibility index (Phi) is 5.29. The lowest BCUT2D eigenvalue weighted by molar-refractivity contribution is 0.242. The second-order valence-corrected chi connectivity index (χ2v) is 7.13. The largest absolute Gasteiger partial charge is 0.505 e. The summed E-state index contributed by atoms with van der Waals surface area (Å²) in [5, 5.41) is 15.4. The molecule has 1 atom stereocenters. The van der Waals surface area contributed by atoms with Gasteiger partial charge in [-0.3, -0.25) is 9.97 Å². The Labute approximate surface area is 170 Å². The van der Waals surface area contributed by atoms with Gasteiger partial charge in [0.25, 0.3) is 0 Å². The van der Waals surface area contributed by atoms with E-state index in [1.54, 1.807) is 18.6 Å². The number of anilines is 1. The van der Waals surface area contributed by atoms with Crippen LogP contribution in [0.5, 0.6) is 11.5 Å². The van der Waals surface area contributed by atoms with Crippen LogP contribution in [0.3, 0.4) is 0 Å². The summed E-state index contributed by atoms with van der Waals surface area (Å²) in [5.41, 5.74) is 3.26. The van der Waals surface area contributed by atoms with Gasteiger partial charge in [0.05, 0.1) is 12.1 Å². The summed E-state index contributed by atoms with van der Waals surface area (Å²) in [6.07, 6.45) is 5.31. The molecule has 0 amide bonds. The van der Waals surface area contributed by atoms with Crippen molar-refractivity contribution in [3.8, 4) is 11.5 Å². The van der Waals surface area contributed by atoms with Crippen LogP contribution in [0.4, 0.5) is 5.69 Å². The number of hydrogen-bond acceptors (Lipinski definition) is 5. The van der Waals surface area contributed by atoms with E-state index in [9.17, 15) is 5.11 Å². The molecule has 0 spiro atoms. The van der Waals surface area contributed by atoms with Crippen molar-refractivity contribution in [2.45, 2.75) is 26.0 Å². The smallest absolute Gasteiger partial charge is 0.147 e. The maximum Gasteiger partial charge on any atom is 0.147 e. The maximum absolute atomic E-state index is 11.0. The molecule has 2 heterocycles. The van der Waals surface area contributed by atoms with Gasteiger partial charge in [0.15, 0.2) is 0 Å². The van der Waals surface area contributed by atoms with Crippen LogP contribution >= 0.6 is 0 Å². The van der Waals surface area contributed by atoms with Crippen LogP contribution in [0.1, 0.15) is 31.0 Å². The number of nitrogens with one attached hydrogen (secondary N) is 1. The Morgan fingerprint density at radius 2 is 1.66 bits per heavy atom. The highest BCUT2D eigenvalue weighted by Crippen LogP contribution is 2.36. The number of fused-ring (bicyclic) bond motifs is 1. The molecule has 0 saturated carbocycles. The molecule has 5 heteroatoms. The third kappa shape index (κ3) is 4.14. The Morgan fingerprint density at radius 1 is 0.897 bits per heavy atom. The Morgan fingerprint density at radius 3 is 2.38 bits per heavy atom. The second kappa shape index (κ2) is 8.19. The van der Waals surface area contributed by atoms with Crippen LogP contribution in [-0.4, -0.2) is 21.2 Å². The molecule has 0 saturated heterocycles. The summed E-state index contributed by atoms with van der Waals surface area (Å²) in [4.78, 5) is 8.48. The molecular formula is C24H23N3O2. The van der Waals surface area contributed by atoms with Crippen LogP contribution in [0.25, 0.3) is 10.9 Å². The highest BCUT2D eigenvalue weighted by atomic mass is 16.5. The number of aromatic nitrogens is 2. The van der Waals surface area contributed by atoms with Crippen LogP contribution < -0.4 is 10.1 Å². The Hall–Kier alpha value is -3.60. The van der Waals surface area contributed by atoms with E-state index in [4.69, 9.17) is 4.74 Å². The first-order chi connectivity index (χ1) is 14.1. The summed E-state index contributed by atoms with van der Waals surface area (Å²) < 4.78 is 5.73. The van der Waals surface area contributed by atoms with E-state index in [-0.39, 0.29) is 17.9 Å². The molecule has 0 radical (unpaired) electrons. The highest BCUT2D eigenvalue weighted by molar-refractivity contribution is 5.86. The molecule has 4 aromatic rings. The second-order valence-electron chi connectivity index (χ2n) is 7.13. The van der Waals surface area contributed by atoms with Gasteiger partial charge in [-0.1, -0.05) is 18.2 Å². The molecule has 146 valence electrons. The molecule has 0 bridgehead atoms. The maximum atomic E-state index is 11.0. The minimum Gasteiger partial charge on any atom is -0.505 e. The average molecular weight is 385 g/mol.